The van der Waals surface area contributed by atoms with E-state index in [1.807, 2.05) is 0 Å². The normalized spacial score (nSPS) is 17.9. The maximum absolute atomic E-state index is 14.3. The number of hydrogen-bond donors (Lipinski definition) is 7. The summed E-state index contributed by atoms with van der Waals surface area (Å²) in [6, 6.07) is 5.47. The molecule has 1 fully saturated rings. The van der Waals surface area contributed by atoms with E-state index in [-0.39, 0.29) is 56.7 Å². The number of carbonyl (C=O) groups is 6. The largest absolute Gasteiger partial charge is 0.504 e. The monoisotopic (exact) mass is 841 g/mol. The van der Waals surface area contributed by atoms with Gasteiger partial charge in [0.25, 0.3) is 17.5 Å². The van der Waals surface area contributed by atoms with Gasteiger partial charge in [-0.2, -0.15) is 0 Å². The van der Waals surface area contributed by atoms with Crippen LogP contribution in [0, 0.1) is 0 Å². The Morgan fingerprint density at radius 2 is 1.78 bits per heavy atom. The van der Waals surface area contributed by atoms with E-state index in [4.69, 9.17) is 24.1 Å². The topological polar surface area (TPSA) is 323 Å². The summed E-state index contributed by atoms with van der Waals surface area (Å²) in [7, 11) is 1.11. The number of aliphatic carboxylic acids is 3. The van der Waals surface area contributed by atoms with Crippen LogP contribution in [0.15, 0.2) is 62.0 Å². The molecule has 1 unspecified atom stereocenters. The molecule has 24 heteroatoms. The van der Waals surface area contributed by atoms with Crippen LogP contribution in [-0.2, 0) is 41.7 Å². The maximum atomic E-state index is 14.3. The van der Waals surface area contributed by atoms with Gasteiger partial charge in [0.2, 0.25) is 16.5 Å². The molecule has 2 aliphatic rings. The summed E-state index contributed by atoms with van der Waals surface area (Å²) in [4.78, 5) is 91.6. The van der Waals surface area contributed by atoms with Gasteiger partial charge in [0.1, 0.15) is 46.3 Å². The molecule has 22 nitrogen and oxygen atoms in total. The first-order valence-electron chi connectivity index (χ1n) is 16.8. The molecule has 58 heavy (non-hydrogen) atoms. The van der Waals surface area contributed by atoms with Gasteiger partial charge in [0.05, 0.1) is 5.39 Å². The van der Waals surface area contributed by atoms with Crippen molar-refractivity contribution in [3.05, 3.63) is 74.8 Å². The van der Waals surface area contributed by atoms with Crippen molar-refractivity contribution in [1.82, 2.24) is 35.7 Å². The number of rotatable bonds is 16. The molecule has 0 aliphatic carbocycles. The van der Waals surface area contributed by atoms with E-state index in [1.54, 1.807) is 6.92 Å². The minimum atomic E-state index is -2.17. The number of thioether (sulfide) groups is 2. The first kappa shape index (κ1) is 41.0. The lowest BCUT2D eigenvalue weighted by molar-refractivity contribution is -0.192. The maximum Gasteiger partial charge on any atom is 0.352 e. The number of carboxylic acid groups (broad SMARTS) is 3. The second kappa shape index (κ2) is 16.4. The molecule has 304 valence electrons. The lowest BCUT2D eigenvalue weighted by Crippen LogP contribution is -2.81. The van der Waals surface area contributed by atoms with Crippen LogP contribution in [0.4, 0.5) is 0 Å². The molecule has 6 rings (SSSR count). The number of carboxylic acids is 3. The minimum absolute atomic E-state index is 0.00261. The van der Waals surface area contributed by atoms with Crippen LogP contribution < -0.4 is 20.8 Å². The van der Waals surface area contributed by atoms with Crippen LogP contribution in [0.2, 0.25) is 0 Å². The van der Waals surface area contributed by atoms with E-state index in [9.17, 15) is 48.9 Å². The van der Waals surface area contributed by atoms with Crippen molar-refractivity contribution >= 4 is 70.1 Å². The smallest absolute Gasteiger partial charge is 0.352 e. The number of hydrogen-bond acceptors (Lipinski definition) is 17. The summed E-state index contributed by atoms with van der Waals surface area (Å²) in [5, 5.41) is 62.8. The lowest BCUT2D eigenvalue weighted by Gasteiger charge is -2.56. The van der Waals surface area contributed by atoms with Gasteiger partial charge in [-0.3, -0.25) is 28.9 Å². The number of aryl methyl sites for hydroxylation is 1. The van der Waals surface area contributed by atoms with Gasteiger partial charge >= 0.3 is 17.9 Å². The molecular weight excluding hydrogens is 811 g/mol. The Bertz CT molecular complexity index is 2450. The number of phenols is 2. The van der Waals surface area contributed by atoms with Crippen LogP contribution in [-0.4, -0.2) is 123 Å². The van der Waals surface area contributed by atoms with Crippen molar-refractivity contribution in [2.45, 2.75) is 42.2 Å². The Morgan fingerprint density at radius 3 is 2.41 bits per heavy atom. The standard InChI is InChI=1S/C34H31N7O15S2/c1-3-20-24(27(48)17-8-18(42)19(43)9-21(17)56-20)28(49)35-25(14-4-6-16(7-5-14)55-11-23(46)47)29(50)36-34(54-2)31(53)41-26(30(51)52)15(12-57-32(34)41)13-58-33-37-38-39-40(33)10-22(44)45/h4-9,25,32,42-43H,3,10-13H2,1-2H3,(H,35,49)(H,36,50)(H,44,45)(H,46,47)(H,51,52)/t25?,32-,34+/m1/s1. The fourth-order valence-electron chi connectivity index (χ4n) is 6.14. The van der Waals surface area contributed by atoms with E-state index < -0.39 is 94.1 Å². The van der Waals surface area contributed by atoms with Crippen molar-refractivity contribution in [3.8, 4) is 17.2 Å². The van der Waals surface area contributed by atoms with Crippen LogP contribution in [0.3, 0.4) is 0 Å². The minimum Gasteiger partial charge on any atom is -0.504 e. The van der Waals surface area contributed by atoms with Gasteiger partial charge in [0, 0.05) is 31.1 Å². The van der Waals surface area contributed by atoms with E-state index in [0.29, 0.717) is 0 Å². The quantitative estimate of drug-likeness (QED) is 0.0345. The highest BCUT2D eigenvalue weighted by Gasteiger charge is 2.67. The third kappa shape index (κ3) is 7.70. The number of carbonyl (C=O) groups excluding carboxylic acids is 3. The molecule has 2 aromatic carbocycles. The molecular formula is C34H31N7O15S2. The van der Waals surface area contributed by atoms with Crippen LogP contribution in [0.5, 0.6) is 17.2 Å². The molecule has 3 atom stereocenters. The number of nitrogens with zero attached hydrogens (tertiary/aromatic N) is 5. The van der Waals surface area contributed by atoms with Crippen molar-refractivity contribution < 1.29 is 68.2 Å². The summed E-state index contributed by atoms with van der Waals surface area (Å²) < 4.78 is 17.5. The predicted octanol–water partition coefficient (Wildman–Crippen LogP) is 0.277. The number of aromatic hydroxyl groups is 2. The van der Waals surface area contributed by atoms with Gasteiger partial charge in [0.15, 0.2) is 18.1 Å². The molecule has 0 radical (unpaired) electrons. The number of nitrogens with one attached hydrogen (secondary N) is 2. The van der Waals surface area contributed by atoms with Crippen molar-refractivity contribution in [2.24, 2.45) is 0 Å². The number of ether oxygens (including phenoxy) is 2. The molecule has 2 aromatic heterocycles. The third-order valence-corrected chi connectivity index (χ3v) is 11.2. The zero-order valence-corrected chi connectivity index (χ0v) is 31.7. The second-order valence-electron chi connectivity index (χ2n) is 12.4. The molecule has 0 bridgehead atoms. The zero-order chi connectivity index (χ0) is 42.1. The number of benzene rings is 2. The van der Waals surface area contributed by atoms with Crippen molar-refractivity contribution in [2.75, 3.05) is 25.2 Å². The number of aromatic nitrogens is 4. The summed E-state index contributed by atoms with van der Waals surface area (Å²) in [6.45, 7) is 0.342. The molecule has 0 saturated carbocycles. The van der Waals surface area contributed by atoms with Crippen LogP contribution >= 0.6 is 23.5 Å². The fraction of sp³-hybridized carbons (Fsp3) is 0.294. The average molecular weight is 842 g/mol. The lowest BCUT2D eigenvalue weighted by atomic mass is 9.96. The van der Waals surface area contributed by atoms with E-state index in [0.717, 1.165) is 52.3 Å². The Hall–Kier alpha value is -6.66. The Morgan fingerprint density at radius 1 is 1.07 bits per heavy atom. The number of β-lactam (4-membered cyclic amide) rings is 1. The SMILES string of the molecule is CCc1oc2cc(O)c(O)cc2c(=O)c1C(=O)NC(C(=O)N[C@]1(OC)C(=O)N2C(C(=O)O)=C(CSc3nnnn3CC(=O)O)CS[C@@H]21)c1ccc(OCC(=O)O)cc1. The van der Waals surface area contributed by atoms with Crippen molar-refractivity contribution in [1.29, 1.82) is 0 Å². The number of amides is 3. The summed E-state index contributed by atoms with van der Waals surface area (Å²) in [5.74, 6) is -8.43. The molecule has 1 saturated heterocycles. The Kier molecular flexibility index (Phi) is 11.6. The second-order valence-corrected chi connectivity index (χ2v) is 14.4. The van der Waals surface area contributed by atoms with Crippen LogP contribution in [0.25, 0.3) is 11.0 Å². The first-order valence-corrected chi connectivity index (χ1v) is 18.8. The van der Waals surface area contributed by atoms with Gasteiger partial charge in [-0.1, -0.05) is 30.8 Å². The molecule has 3 amide bonds. The Labute approximate surface area is 332 Å². The zero-order valence-electron chi connectivity index (χ0n) is 30.0. The van der Waals surface area contributed by atoms with E-state index in [1.165, 1.54) is 24.3 Å². The van der Waals surface area contributed by atoms with Gasteiger partial charge in [-0.05, 0) is 39.8 Å². The highest BCUT2D eigenvalue weighted by Crippen LogP contribution is 2.47. The third-order valence-electron chi connectivity index (χ3n) is 8.83. The first-order chi connectivity index (χ1) is 27.6. The summed E-state index contributed by atoms with van der Waals surface area (Å²) in [5.41, 5.74) is -3.83. The number of methoxy groups -OCH3 is 1. The Balaban J connectivity index is 1.31. The van der Waals surface area contributed by atoms with Gasteiger partial charge in [-0.25, -0.2) is 14.3 Å². The number of phenolic OH excluding ortho intramolecular Hbond substituents is 2. The average Bonchev–Trinajstić information content (AvgIpc) is 3.63. The molecule has 0 spiro atoms. The van der Waals surface area contributed by atoms with E-state index >= 15 is 0 Å². The highest BCUT2D eigenvalue weighted by atomic mass is 32.2. The predicted molar refractivity (Wildman–Crippen MR) is 197 cm³/mol. The molecule has 7 N–H and O–H groups in total. The van der Waals surface area contributed by atoms with Gasteiger partial charge < -0.3 is 50.1 Å². The highest BCUT2D eigenvalue weighted by molar-refractivity contribution is 8.01. The van der Waals surface area contributed by atoms with Crippen molar-refractivity contribution in [3.63, 3.8) is 0 Å². The molecule has 2 aliphatic heterocycles. The van der Waals surface area contributed by atoms with Crippen LogP contribution in [0.1, 0.15) is 34.6 Å². The molecule has 4 aromatic rings. The van der Waals surface area contributed by atoms with E-state index in [2.05, 4.69) is 26.2 Å². The fourth-order valence-corrected chi connectivity index (χ4v) is 8.59. The molecule has 4 heterocycles. The number of tetrazole rings is 1. The van der Waals surface area contributed by atoms with Gasteiger partial charge in [-0.15, -0.1) is 16.9 Å². The number of fused-ring (bicyclic) bond motifs is 2. The summed E-state index contributed by atoms with van der Waals surface area (Å²) >= 11 is 1.99. The summed E-state index contributed by atoms with van der Waals surface area (Å²) in [6.07, 6.45) is -0.00261.